The third-order valence-corrected chi connectivity index (χ3v) is 4.51. The fourth-order valence-electron chi connectivity index (χ4n) is 1.26. The molecule has 5 heteroatoms. The maximum absolute atomic E-state index is 11.2. The van der Waals surface area contributed by atoms with Gasteiger partial charge >= 0.3 is 5.97 Å². The summed E-state index contributed by atoms with van der Waals surface area (Å²) in [4.78, 5) is 13.7. The molecule has 0 radical (unpaired) electrons. The highest BCUT2D eigenvalue weighted by Gasteiger charge is 2.14. The molecule has 0 amide bonds. The van der Waals surface area contributed by atoms with Gasteiger partial charge < -0.3 is 10.5 Å². The summed E-state index contributed by atoms with van der Waals surface area (Å²) >= 11 is 3.28. The van der Waals surface area contributed by atoms with Gasteiger partial charge in [-0.05, 0) is 26.0 Å². The first-order valence-electron chi connectivity index (χ1n) is 5.21. The lowest BCUT2D eigenvalue weighted by atomic mass is 10.3. The van der Waals surface area contributed by atoms with Crippen molar-refractivity contribution in [2.24, 2.45) is 5.73 Å². The molecule has 1 atom stereocenters. The maximum atomic E-state index is 11.2. The van der Waals surface area contributed by atoms with E-state index in [9.17, 15) is 4.79 Å². The average molecular weight is 259 g/mol. The number of esters is 1. The summed E-state index contributed by atoms with van der Waals surface area (Å²) in [7, 11) is 0. The van der Waals surface area contributed by atoms with Crippen molar-refractivity contribution in [3.63, 3.8) is 0 Å². The molecule has 16 heavy (non-hydrogen) atoms. The number of thiophene rings is 1. The number of ether oxygens (including phenoxy) is 1. The van der Waals surface area contributed by atoms with Gasteiger partial charge in [0.2, 0.25) is 0 Å². The predicted molar refractivity (Wildman–Crippen MR) is 69.9 cm³/mol. The van der Waals surface area contributed by atoms with Gasteiger partial charge in [0.1, 0.15) is 0 Å². The summed E-state index contributed by atoms with van der Waals surface area (Å²) in [5.74, 6) is 0.200. The van der Waals surface area contributed by atoms with Crippen LogP contribution in [0.15, 0.2) is 12.1 Å². The number of carbonyl (C=O) groups excluding carboxylic acids is 1. The van der Waals surface area contributed by atoms with Gasteiger partial charge in [0.05, 0.1) is 17.6 Å². The molecule has 0 bridgehead atoms. The SMILES string of the molecule is CCOC(=O)CSC(CN)c1ccc(C)s1. The Labute approximate surface area is 104 Å². The van der Waals surface area contributed by atoms with E-state index in [2.05, 4.69) is 19.1 Å². The number of thioether (sulfide) groups is 1. The van der Waals surface area contributed by atoms with E-state index in [1.165, 1.54) is 9.75 Å². The van der Waals surface area contributed by atoms with E-state index in [1.54, 1.807) is 23.1 Å². The normalized spacial score (nSPS) is 12.4. The summed E-state index contributed by atoms with van der Waals surface area (Å²) in [5, 5.41) is 0.197. The van der Waals surface area contributed by atoms with Crippen LogP contribution < -0.4 is 5.73 Å². The Bertz CT molecular complexity index is 338. The summed E-state index contributed by atoms with van der Waals surface area (Å²) in [5.41, 5.74) is 5.71. The Balaban J connectivity index is 2.46. The first kappa shape index (κ1) is 13.5. The van der Waals surface area contributed by atoms with Gasteiger partial charge in [0, 0.05) is 16.3 Å². The summed E-state index contributed by atoms with van der Waals surface area (Å²) < 4.78 is 4.88. The van der Waals surface area contributed by atoms with Gasteiger partial charge in [0.25, 0.3) is 0 Å². The fourth-order valence-corrected chi connectivity index (χ4v) is 3.28. The van der Waals surface area contributed by atoms with Crippen LogP contribution in [-0.4, -0.2) is 24.9 Å². The van der Waals surface area contributed by atoms with E-state index in [4.69, 9.17) is 10.5 Å². The Morgan fingerprint density at radius 2 is 2.38 bits per heavy atom. The molecule has 1 unspecified atom stereocenters. The lowest BCUT2D eigenvalue weighted by Gasteiger charge is -2.11. The number of hydrogen-bond acceptors (Lipinski definition) is 5. The Morgan fingerprint density at radius 3 is 2.88 bits per heavy atom. The topological polar surface area (TPSA) is 52.3 Å². The average Bonchev–Trinajstić information content (AvgIpc) is 2.66. The highest BCUT2D eigenvalue weighted by Crippen LogP contribution is 2.32. The van der Waals surface area contributed by atoms with E-state index in [-0.39, 0.29) is 11.2 Å². The monoisotopic (exact) mass is 259 g/mol. The number of rotatable bonds is 6. The molecule has 0 aliphatic rings. The van der Waals surface area contributed by atoms with Crippen LogP contribution in [0.4, 0.5) is 0 Å². The largest absolute Gasteiger partial charge is 0.465 e. The van der Waals surface area contributed by atoms with Gasteiger partial charge in [-0.3, -0.25) is 4.79 Å². The molecular weight excluding hydrogens is 242 g/mol. The van der Waals surface area contributed by atoms with Crippen LogP contribution >= 0.6 is 23.1 Å². The molecule has 1 aromatic heterocycles. The van der Waals surface area contributed by atoms with Crippen molar-refractivity contribution in [3.8, 4) is 0 Å². The predicted octanol–water partition coefficient (Wildman–Crippen LogP) is 2.35. The molecule has 0 saturated carbocycles. The first-order chi connectivity index (χ1) is 7.67. The van der Waals surface area contributed by atoms with Crippen molar-refractivity contribution in [2.45, 2.75) is 19.1 Å². The Hall–Kier alpha value is -0.520. The number of carbonyl (C=O) groups is 1. The molecule has 0 fully saturated rings. The summed E-state index contributed by atoms with van der Waals surface area (Å²) in [6.07, 6.45) is 0. The molecule has 1 heterocycles. The smallest absolute Gasteiger partial charge is 0.315 e. The second kappa shape index (κ2) is 6.93. The van der Waals surface area contributed by atoms with Gasteiger partial charge in [0.15, 0.2) is 0 Å². The lowest BCUT2D eigenvalue weighted by molar-refractivity contribution is -0.139. The maximum Gasteiger partial charge on any atom is 0.315 e. The van der Waals surface area contributed by atoms with Crippen molar-refractivity contribution < 1.29 is 9.53 Å². The van der Waals surface area contributed by atoms with E-state index >= 15 is 0 Å². The van der Waals surface area contributed by atoms with Crippen molar-refractivity contribution in [3.05, 3.63) is 21.9 Å². The third-order valence-electron chi connectivity index (χ3n) is 2.00. The van der Waals surface area contributed by atoms with Crippen LogP contribution in [0.25, 0.3) is 0 Å². The molecule has 0 aliphatic heterocycles. The standard InChI is InChI=1S/C11H17NO2S2/c1-3-14-11(13)7-15-10(6-12)9-5-4-8(2)16-9/h4-5,10H,3,6-7,12H2,1-2H3. The summed E-state index contributed by atoms with van der Waals surface area (Å²) in [6.45, 7) is 4.86. The second-order valence-electron chi connectivity index (χ2n) is 3.29. The van der Waals surface area contributed by atoms with E-state index < -0.39 is 0 Å². The molecule has 1 rings (SSSR count). The number of aryl methyl sites for hydroxylation is 1. The lowest BCUT2D eigenvalue weighted by Crippen LogP contribution is -2.13. The van der Waals surface area contributed by atoms with Crippen LogP contribution in [0, 0.1) is 6.92 Å². The van der Waals surface area contributed by atoms with E-state index in [0.717, 1.165) is 0 Å². The zero-order chi connectivity index (χ0) is 12.0. The third kappa shape index (κ3) is 4.15. The van der Waals surface area contributed by atoms with Crippen molar-refractivity contribution in [2.75, 3.05) is 18.9 Å². The van der Waals surface area contributed by atoms with Gasteiger partial charge in [-0.25, -0.2) is 0 Å². The molecule has 2 N–H and O–H groups in total. The first-order valence-corrected chi connectivity index (χ1v) is 7.07. The molecule has 0 spiro atoms. The molecule has 0 saturated heterocycles. The van der Waals surface area contributed by atoms with Crippen LogP contribution in [0.5, 0.6) is 0 Å². The minimum absolute atomic E-state index is 0.167. The highest BCUT2D eigenvalue weighted by molar-refractivity contribution is 8.00. The van der Waals surface area contributed by atoms with Crippen LogP contribution in [-0.2, 0) is 9.53 Å². The Morgan fingerprint density at radius 1 is 1.62 bits per heavy atom. The highest BCUT2D eigenvalue weighted by atomic mass is 32.2. The molecule has 3 nitrogen and oxygen atoms in total. The van der Waals surface area contributed by atoms with Gasteiger partial charge in [-0.1, -0.05) is 0 Å². The van der Waals surface area contributed by atoms with E-state index in [1.807, 2.05) is 6.92 Å². The quantitative estimate of drug-likeness (QED) is 0.797. The van der Waals surface area contributed by atoms with Crippen LogP contribution in [0.2, 0.25) is 0 Å². The van der Waals surface area contributed by atoms with E-state index in [0.29, 0.717) is 18.9 Å². The molecule has 90 valence electrons. The Kier molecular flexibility index (Phi) is 5.87. The minimum atomic E-state index is -0.167. The van der Waals surface area contributed by atoms with Crippen LogP contribution in [0.3, 0.4) is 0 Å². The van der Waals surface area contributed by atoms with Crippen LogP contribution in [0.1, 0.15) is 21.9 Å². The molecular formula is C11H17NO2S2. The van der Waals surface area contributed by atoms with Gasteiger partial charge in [-0.15, -0.1) is 23.1 Å². The molecule has 0 aromatic carbocycles. The summed E-state index contributed by atoms with van der Waals surface area (Å²) in [6, 6.07) is 4.16. The molecule has 1 aromatic rings. The second-order valence-corrected chi connectivity index (χ2v) is 5.80. The van der Waals surface area contributed by atoms with Gasteiger partial charge in [-0.2, -0.15) is 0 Å². The number of hydrogen-bond donors (Lipinski definition) is 1. The van der Waals surface area contributed by atoms with Crippen molar-refractivity contribution in [1.29, 1.82) is 0 Å². The van der Waals surface area contributed by atoms with Crippen molar-refractivity contribution in [1.82, 2.24) is 0 Å². The zero-order valence-electron chi connectivity index (χ0n) is 9.56. The zero-order valence-corrected chi connectivity index (χ0v) is 11.2. The number of nitrogens with two attached hydrogens (primary N) is 1. The molecule has 0 aliphatic carbocycles. The fraction of sp³-hybridized carbons (Fsp3) is 0.545. The minimum Gasteiger partial charge on any atom is -0.465 e. The van der Waals surface area contributed by atoms with Crippen molar-refractivity contribution >= 4 is 29.1 Å².